The number of fused-ring (bicyclic) bond motifs is 1. The van der Waals surface area contributed by atoms with Gasteiger partial charge in [0.1, 0.15) is 5.75 Å². The number of carbonyl (C=O) groups is 1. The Labute approximate surface area is 128 Å². The number of ether oxygens (including phenoxy) is 1. The van der Waals surface area contributed by atoms with Crippen molar-refractivity contribution >= 4 is 38.9 Å². The highest BCUT2D eigenvalue weighted by Crippen LogP contribution is 2.18. The zero-order chi connectivity index (χ0) is 14.8. The number of hydrogen-bond acceptors (Lipinski definition) is 6. The Hall–Kier alpha value is -2.19. The van der Waals surface area contributed by atoms with E-state index in [1.165, 1.54) is 11.3 Å². The predicted molar refractivity (Wildman–Crippen MR) is 79.0 cm³/mol. The number of anilines is 1. The van der Waals surface area contributed by atoms with Crippen LogP contribution in [0.3, 0.4) is 0 Å². The Balaban J connectivity index is 1.59. The number of hydrogen-bond donors (Lipinski definition) is 1. The minimum Gasteiger partial charge on any atom is -0.484 e. The van der Waals surface area contributed by atoms with E-state index in [-0.39, 0.29) is 12.5 Å². The maximum atomic E-state index is 11.8. The molecule has 0 aliphatic carbocycles. The number of aromatic nitrogens is 4. The molecule has 21 heavy (non-hydrogen) atoms. The SMILES string of the molecule is Cc1nnc2sc(NC(=O)COc3ccc(Cl)cc3)nn12. The van der Waals surface area contributed by atoms with Gasteiger partial charge in [0.2, 0.25) is 10.1 Å². The van der Waals surface area contributed by atoms with Gasteiger partial charge >= 0.3 is 0 Å². The van der Waals surface area contributed by atoms with Gasteiger partial charge in [-0.25, -0.2) is 0 Å². The molecule has 0 bridgehead atoms. The van der Waals surface area contributed by atoms with E-state index in [1.54, 1.807) is 35.7 Å². The summed E-state index contributed by atoms with van der Waals surface area (Å²) >= 11 is 7.01. The lowest BCUT2D eigenvalue weighted by atomic mass is 10.3. The number of amides is 1. The molecule has 1 amide bonds. The van der Waals surface area contributed by atoms with Crippen LogP contribution in [0, 0.1) is 6.92 Å². The number of benzene rings is 1. The average Bonchev–Trinajstić information content (AvgIpc) is 3.00. The summed E-state index contributed by atoms with van der Waals surface area (Å²) in [4.78, 5) is 12.4. The second kappa shape index (κ2) is 5.66. The van der Waals surface area contributed by atoms with E-state index < -0.39 is 0 Å². The number of nitrogens with zero attached hydrogens (tertiary/aromatic N) is 4. The summed E-state index contributed by atoms with van der Waals surface area (Å²) in [7, 11) is 0. The first kappa shape index (κ1) is 13.8. The topological polar surface area (TPSA) is 81.4 Å². The van der Waals surface area contributed by atoms with Crippen molar-refractivity contribution in [2.75, 3.05) is 11.9 Å². The molecule has 0 spiro atoms. The van der Waals surface area contributed by atoms with Gasteiger partial charge in [0, 0.05) is 5.02 Å². The van der Waals surface area contributed by atoms with Crippen LogP contribution in [0.5, 0.6) is 5.75 Å². The molecule has 0 saturated carbocycles. The Morgan fingerprint density at radius 3 is 2.86 bits per heavy atom. The van der Waals surface area contributed by atoms with Crippen LogP contribution in [0.25, 0.3) is 4.96 Å². The van der Waals surface area contributed by atoms with Crippen LogP contribution in [0.1, 0.15) is 5.82 Å². The standard InChI is InChI=1S/C12H10ClN5O2S/c1-7-15-16-12-18(7)17-11(21-12)14-10(19)6-20-9-4-2-8(13)3-5-9/h2-5H,6H2,1H3,(H,14,17,19). The smallest absolute Gasteiger partial charge is 0.264 e. The summed E-state index contributed by atoms with van der Waals surface area (Å²) in [6.07, 6.45) is 0. The molecular weight excluding hydrogens is 314 g/mol. The fourth-order valence-electron chi connectivity index (χ4n) is 1.60. The summed E-state index contributed by atoms with van der Waals surface area (Å²) < 4.78 is 6.92. The van der Waals surface area contributed by atoms with E-state index in [0.29, 0.717) is 26.7 Å². The zero-order valence-electron chi connectivity index (χ0n) is 10.9. The van der Waals surface area contributed by atoms with Gasteiger partial charge in [0.05, 0.1) is 0 Å². The van der Waals surface area contributed by atoms with Crippen molar-refractivity contribution in [3.05, 3.63) is 35.1 Å². The van der Waals surface area contributed by atoms with E-state index in [9.17, 15) is 4.79 Å². The first-order valence-electron chi connectivity index (χ1n) is 5.99. The Morgan fingerprint density at radius 1 is 1.38 bits per heavy atom. The van der Waals surface area contributed by atoms with Gasteiger partial charge in [-0.05, 0) is 31.2 Å². The molecule has 0 aliphatic rings. The Morgan fingerprint density at radius 2 is 2.14 bits per heavy atom. The van der Waals surface area contributed by atoms with Gasteiger partial charge in [0.15, 0.2) is 12.4 Å². The summed E-state index contributed by atoms with van der Waals surface area (Å²) in [5.41, 5.74) is 0. The van der Waals surface area contributed by atoms with Crippen LogP contribution in [-0.4, -0.2) is 32.3 Å². The van der Waals surface area contributed by atoms with Crippen LogP contribution in [0.4, 0.5) is 5.13 Å². The van der Waals surface area contributed by atoms with Crippen molar-refractivity contribution in [3.8, 4) is 5.75 Å². The number of carbonyl (C=O) groups excluding carboxylic acids is 1. The molecule has 2 aromatic heterocycles. The fourth-order valence-corrected chi connectivity index (χ4v) is 2.53. The van der Waals surface area contributed by atoms with Crippen LogP contribution < -0.4 is 10.1 Å². The molecule has 7 nitrogen and oxygen atoms in total. The molecule has 3 aromatic rings. The molecule has 0 aliphatic heterocycles. The number of halogens is 1. The minimum atomic E-state index is -0.299. The quantitative estimate of drug-likeness (QED) is 0.795. The maximum absolute atomic E-state index is 11.8. The molecule has 0 fully saturated rings. The third kappa shape index (κ3) is 3.11. The maximum Gasteiger partial charge on any atom is 0.264 e. The number of nitrogens with one attached hydrogen (secondary N) is 1. The molecule has 0 radical (unpaired) electrons. The zero-order valence-corrected chi connectivity index (χ0v) is 12.5. The molecule has 0 atom stereocenters. The molecule has 108 valence electrons. The lowest BCUT2D eigenvalue weighted by molar-refractivity contribution is -0.118. The number of rotatable bonds is 4. The lowest BCUT2D eigenvalue weighted by Gasteiger charge is -2.05. The Bertz CT molecular complexity index is 783. The molecule has 0 saturated heterocycles. The van der Waals surface area contributed by atoms with Gasteiger partial charge in [-0.15, -0.1) is 15.3 Å². The molecule has 0 unspecified atom stereocenters. The van der Waals surface area contributed by atoms with E-state index >= 15 is 0 Å². The summed E-state index contributed by atoms with van der Waals surface area (Å²) in [5.74, 6) is 0.940. The number of aryl methyl sites for hydroxylation is 1. The van der Waals surface area contributed by atoms with Crippen LogP contribution in [0.2, 0.25) is 5.02 Å². The predicted octanol–water partition coefficient (Wildman–Crippen LogP) is 2.17. The summed E-state index contributed by atoms with van der Waals surface area (Å²) in [6, 6.07) is 6.78. The third-order valence-electron chi connectivity index (χ3n) is 2.58. The van der Waals surface area contributed by atoms with Crippen molar-refractivity contribution in [3.63, 3.8) is 0 Å². The second-order valence-corrected chi connectivity index (χ2v) is 5.53. The van der Waals surface area contributed by atoms with Crippen molar-refractivity contribution < 1.29 is 9.53 Å². The highest BCUT2D eigenvalue weighted by molar-refractivity contribution is 7.20. The molecule has 1 aromatic carbocycles. The van der Waals surface area contributed by atoms with Crippen LogP contribution in [-0.2, 0) is 4.79 Å². The van der Waals surface area contributed by atoms with Gasteiger partial charge in [-0.1, -0.05) is 22.9 Å². The largest absolute Gasteiger partial charge is 0.484 e. The van der Waals surface area contributed by atoms with Crippen molar-refractivity contribution in [2.45, 2.75) is 6.92 Å². The van der Waals surface area contributed by atoms with Gasteiger partial charge in [-0.3, -0.25) is 10.1 Å². The second-order valence-electron chi connectivity index (χ2n) is 4.14. The van der Waals surface area contributed by atoms with E-state index in [4.69, 9.17) is 16.3 Å². The molecule has 1 N–H and O–H groups in total. The molecule has 2 heterocycles. The molecule has 9 heteroatoms. The third-order valence-corrected chi connectivity index (χ3v) is 3.64. The van der Waals surface area contributed by atoms with Crippen molar-refractivity contribution in [1.29, 1.82) is 0 Å². The molecular formula is C12H10ClN5O2S. The highest BCUT2D eigenvalue weighted by Gasteiger charge is 2.11. The van der Waals surface area contributed by atoms with Gasteiger partial charge < -0.3 is 4.74 Å². The average molecular weight is 324 g/mol. The van der Waals surface area contributed by atoms with Crippen molar-refractivity contribution in [2.24, 2.45) is 0 Å². The van der Waals surface area contributed by atoms with E-state index in [1.807, 2.05) is 0 Å². The van der Waals surface area contributed by atoms with E-state index in [2.05, 4.69) is 20.6 Å². The normalized spacial score (nSPS) is 10.8. The van der Waals surface area contributed by atoms with Crippen LogP contribution in [0.15, 0.2) is 24.3 Å². The first-order valence-corrected chi connectivity index (χ1v) is 7.18. The molecule has 3 rings (SSSR count). The van der Waals surface area contributed by atoms with Gasteiger partial charge in [-0.2, -0.15) is 4.52 Å². The summed E-state index contributed by atoms with van der Waals surface area (Å²) in [5, 5.41) is 15.7. The first-order chi connectivity index (χ1) is 10.1. The van der Waals surface area contributed by atoms with E-state index in [0.717, 1.165) is 0 Å². The fraction of sp³-hybridized carbons (Fsp3) is 0.167. The summed E-state index contributed by atoms with van der Waals surface area (Å²) in [6.45, 7) is 1.68. The highest BCUT2D eigenvalue weighted by atomic mass is 35.5. The monoisotopic (exact) mass is 323 g/mol. The van der Waals surface area contributed by atoms with Crippen molar-refractivity contribution in [1.82, 2.24) is 19.8 Å². The lowest BCUT2D eigenvalue weighted by Crippen LogP contribution is -2.20. The van der Waals surface area contributed by atoms with Gasteiger partial charge in [0.25, 0.3) is 5.91 Å². The minimum absolute atomic E-state index is 0.110. The Kier molecular flexibility index (Phi) is 3.72. The van der Waals surface area contributed by atoms with Crippen LogP contribution >= 0.6 is 22.9 Å².